The highest BCUT2D eigenvalue weighted by molar-refractivity contribution is 7.13. The van der Waals surface area contributed by atoms with Crippen molar-refractivity contribution in [3.63, 3.8) is 0 Å². The minimum absolute atomic E-state index is 0.0543. The number of carbonyl (C=O) groups is 1. The lowest BCUT2D eigenvalue weighted by atomic mass is 10.1. The molecule has 1 heterocycles. The van der Waals surface area contributed by atoms with Crippen molar-refractivity contribution >= 4 is 39.8 Å². The molecule has 0 saturated carbocycles. The molecule has 0 radical (unpaired) electrons. The molecule has 6 heteroatoms. The van der Waals surface area contributed by atoms with E-state index in [0.29, 0.717) is 16.1 Å². The van der Waals surface area contributed by atoms with Crippen molar-refractivity contribution in [3.8, 4) is 0 Å². The van der Waals surface area contributed by atoms with Gasteiger partial charge in [-0.15, -0.1) is 0 Å². The zero-order valence-corrected chi connectivity index (χ0v) is 11.1. The largest absolute Gasteiger partial charge is 0.324 e. The molecule has 0 aliphatic rings. The maximum Gasteiger partial charge on any atom is 0.324 e. The van der Waals surface area contributed by atoms with E-state index in [1.165, 1.54) is 12.1 Å². The molecule has 0 saturated heterocycles. The van der Waals surface area contributed by atoms with E-state index in [1.807, 2.05) is 0 Å². The second kappa shape index (κ2) is 5.77. The number of carbonyl (C=O) groups excluding carboxylic acids is 1. The predicted octanol–water partition coefficient (Wildman–Crippen LogP) is 4.21. The number of thiophene rings is 1. The molecule has 0 aliphatic heterocycles. The van der Waals surface area contributed by atoms with E-state index in [1.54, 1.807) is 35.7 Å². The summed E-state index contributed by atoms with van der Waals surface area (Å²) in [6.07, 6.45) is 2.94. The third kappa shape index (κ3) is 3.49. The predicted molar refractivity (Wildman–Crippen MR) is 75.8 cm³/mol. The normalized spacial score (nSPS) is 10.8. The Balaban J connectivity index is 2.11. The topological polar surface area (TPSA) is 60.2 Å². The Bertz CT molecular complexity index is 646. The van der Waals surface area contributed by atoms with E-state index in [0.717, 1.165) is 11.3 Å². The third-order valence-corrected chi connectivity index (χ3v) is 3.49. The summed E-state index contributed by atoms with van der Waals surface area (Å²) in [6, 6.07) is 7.96. The van der Waals surface area contributed by atoms with Crippen molar-refractivity contribution in [2.24, 2.45) is 0 Å². The fourth-order valence-corrected chi connectivity index (χ4v) is 2.22. The SMILES string of the molecule is O=C(/C=C\c1csc([N+](=O)[O-])c1)c1ccc(Cl)cc1. The number of allylic oxidation sites excluding steroid dienone is 1. The fraction of sp³-hybridized carbons (Fsp3) is 0. The summed E-state index contributed by atoms with van der Waals surface area (Å²) in [4.78, 5) is 21.9. The van der Waals surface area contributed by atoms with Gasteiger partial charge in [0.25, 0.3) is 0 Å². The lowest BCUT2D eigenvalue weighted by molar-refractivity contribution is -0.380. The zero-order valence-electron chi connectivity index (χ0n) is 9.58. The number of halogens is 1. The Hall–Kier alpha value is -1.98. The molecule has 0 aliphatic carbocycles. The average Bonchev–Trinajstić information content (AvgIpc) is 2.86. The first-order valence-corrected chi connectivity index (χ1v) is 6.53. The van der Waals surface area contributed by atoms with Crippen LogP contribution < -0.4 is 0 Å². The summed E-state index contributed by atoms with van der Waals surface area (Å²) in [7, 11) is 0. The maximum absolute atomic E-state index is 11.8. The molecule has 19 heavy (non-hydrogen) atoms. The summed E-state index contributed by atoms with van der Waals surface area (Å²) >= 11 is 6.76. The maximum atomic E-state index is 11.8. The van der Waals surface area contributed by atoms with E-state index < -0.39 is 4.92 Å². The number of benzene rings is 1. The molecule has 96 valence electrons. The van der Waals surface area contributed by atoms with Crippen LogP contribution in [-0.2, 0) is 0 Å². The van der Waals surface area contributed by atoms with Crippen molar-refractivity contribution in [2.75, 3.05) is 0 Å². The molecule has 0 atom stereocenters. The van der Waals surface area contributed by atoms with Gasteiger partial charge in [-0.25, -0.2) is 0 Å². The lowest BCUT2D eigenvalue weighted by Crippen LogP contribution is -1.92. The number of hydrogen-bond donors (Lipinski definition) is 0. The highest BCUT2D eigenvalue weighted by atomic mass is 35.5. The van der Waals surface area contributed by atoms with E-state index in [-0.39, 0.29) is 10.8 Å². The van der Waals surface area contributed by atoms with Gasteiger partial charge < -0.3 is 0 Å². The van der Waals surface area contributed by atoms with Gasteiger partial charge >= 0.3 is 5.00 Å². The summed E-state index contributed by atoms with van der Waals surface area (Å²) in [5.41, 5.74) is 1.16. The van der Waals surface area contributed by atoms with Crippen LogP contribution in [0.4, 0.5) is 5.00 Å². The van der Waals surface area contributed by atoms with Crippen LogP contribution >= 0.6 is 22.9 Å². The average molecular weight is 294 g/mol. The first-order valence-electron chi connectivity index (χ1n) is 5.27. The first kappa shape index (κ1) is 13.5. The minimum Gasteiger partial charge on any atom is -0.289 e. The van der Waals surface area contributed by atoms with Crippen LogP contribution in [0.2, 0.25) is 5.02 Å². The Morgan fingerprint density at radius 1 is 1.32 bits per heavy atom. The number of rotatable bonds is 4. The van der Waals surface area contributed by atoms with Gasteiger partial charge in [-0.1, -0.05) is 22.9 Å². The zero-order chi connectivity index (χ0) is 13.8. The van der Waals surface area contributed by atoms with Gasteiger partial charge in [-0.2, -0.15) is 0 Å². The Labute approximate surface area is 118 Å². The second-order valence-electron chi connectivity index (χ2n) is 3.68. The Morgan fingerprint density at radius 2 is 2.00 bits per heavy atom. The molecule has 1 aromatic carbocycles. The van der Waals surface area contributed by atoms with E-state index in [2.05, 4.69) is 0 Å². The van der Waals surface area contributed by atoms with Crippen molar-refractivity contribution < 1.29 is 9.72 Å². The monoisotopic (exact) mass is 293 g/mol. The minimum atomic E-state index is -0.455. The van der Waals surface area contributed by atoms with Gasteiger partial charge in [0, 0.05) is 22.0 Å². The van der Waals surface area contributed by atoms with Crippen LogP contribution in [0.3, 0.4) is 0 Å². The molecule has 0 amide bonds. The molecule has 0 bridgehead atoms. The highest BCUT2D eigenvalue weighted by Gasteiger charge is 2.08. The number of nitrogens with zero attached hydrogens (tertiary/aromatic N) is 1. The molecule has 1 aromatic heterocycles. The standard InChI is InChI=1S/C13H8ClNO3S/c14-11-4-2-10(3-5-11)12(16)6-1-9-7-13(15(17)18)19-8-9/h1-8H/b6-1-. The number of ketones is 1. The number of nitro groups is 1. The molecule has 0 fully saturated rings. The van der Waals surface area contributed by atoms with Crippen LogP contribution in [0.1, 0.15) is 15.9 Å². The van der Waals surface area contributed by atoms with Crippen molar-refractivity contribution in [1.82, 2.24) is 0 Å². The molecular formula is C13H8ClNO3S. The summed E-state index contributed by atoms with van der Waals surface area (Å²) in [5.74, 6) is -0.175. The Kier molecular flexibility index (Phi) is 4.09. The molecule has 4 nitrogen and oxygen atoms in total. The summed E-state index contributed by atoms with van der Waals surface area (Å²) < 4.78 is 0. The van der Waals surface area contributed by atoms with Gasteiger partial charge in [-0.3, -0.25) is 14.9 Å². The van der Waals surface area contributed by atoms with E-state index in [9.17, 15) is 14.9 Å². The fourth-order valence-electron chi connectivity index (χ4n) is 1.40. The molecule has 0 N–H and O–H groups in total. The van der Waals surface area contributed by atoms with Crippen LogP contribution in [0.25, 0.3) is 6.08 Å². The summed E-state index contributed by atoms with van der Waals surface area (Å²) in [6.45, 7) is 0. The third-order valence-electron chi connectivity index (χ3n) is 2.34. The van der Waals surface area contributed by atoms with Crippen LogP contribution in [0.15, 0.2) is 41.8 Å². The van der Waals surface area contributed by atoms with Gasteiger partial charge in [0.15, 0.2) is 5.78 Å². The first-order chi connectivity index (χ1) is 9.06. The van der Waals surface area contributed by atoms with Crippen molar-refractivity contribution in [1.29, 1.82) is 0 Å². The molecule has 0 unspecified atom stereocenters. The van der Waals surface area contributed by atoms with Crippen molar-refractivity contribution in [3.05, 3.63) is 68.1 Å². The molecule has 2 aromatic rings. The molecule has 0 spiro atoms. The highest BCUT2D eigenvalue weighted by Crippen LogP contribution is 2.23. The Morgan fingerprint density at radius 3 is 2.58 bits per heavy atom. The van der Waals surface area contributed by atoms with Crippen molar-refractivity contribution in [2.45, 2.75) is 0 Å². The quantitative estimate of drug-likeness (QED) is 0.367. The van der Waals surface area contributed by atoms with Gasteiger partial charge in [0.05, 0.1) is 4.92 Å². The van der Waals surface area contributed by atoms with Crippen LogP contribution in [0.5, 0.6) is 0 Å². The van der Waals surface area contributed by atoms with Crippen LogP contribution in [0, 0.1) is 10.1 Å². The molecule has 2 rings (SSSR count). The molecular weight excluding hydrogens is 286 g/mol. The van der Waals surface area contributed by atoms with Gasteiger partial charge in [-0.05, 0) is 42.0 Å². The van der Waals surface area contributed by atoms with Gasteiger partial charge in [0.1, 0.15) is 0 Å². The summed E-state index contributed by atoms with van der Waals surface area (Å²) in [5, 5.41) is 12.8. The second-order valence-corrected chi connectivity index (χ2v) is 5.01. The van der Waals surface area contributed by atoms with E-state index >= 15 is 0 Å². The van der Waals surface area contributed by atoms with Crippen LogP contribution in [-0.4, -0.2) is 10.7 Å². The van der Waals surface area contributed by atoms with E-state index in [4.69, 9.17) is 11.6 Å². The lowest BCUT2D eigenvalue weighted by Gasteiger charge is -1.95. The number of hydrogen-bond acceptors (Lipinski definition) is 4. The smallest absolute Gasteiger partial charge is 0.289 e. The van der Waals surface area contributed by atoms with Gasteiger partial charge in [0.2, 0.25) is 0 Å².